The minimum absolute atomic E-state index is 0.0315. The number of carbonyl (C=O) groups is 2. The number of nitrogens with one attached hydrogen (secondary N) is 2. The molecule has 26 heteroatoms. The van der Waals surface area contributed by atoms with Crippen LogP contribution in [-0.2, 0) is 52.4 Å². The summed E-state index contributed by atoms with van der Waals surface area (Å²) in [4.78, 5) is 20.4. The fraction of sp³-hybridized carbons (Fsp3) is 0.321. The number of benzene rings is 2. The Balaban J connectivity index is 0. The molecule has 1 aromatic heterocycles. The van der Waals surface area contributed by atoms with Crippen LogP contribution in [0, 0.1) is 40.9 Å². The van der Waals surface area contributed by atoms with Gasteiger partial charge in [-0.05, 0) is 42.3 Å². The Hall–Kier alpha value is -5.03. The Morgan fingerprint density at radius 1 is 0.852 bits per heavy atom. The third kappa shape index (κ3) is 19.7. The van der Waals surface area contributed by atoms with Crippen molar-refractivity contribution in [1.82, 2.24) is 25.5 Å². The zero-order valence-electron chi connectivity index (χ0n) is 27.9. The normalized spacial score (nSPS) is 10.6. The number of nitriles is 3. The van der Waals surface area contributed by atoms with Crippen LogP contribution in [0.15, 0.2) is 48.5 Å². The number of hydrogen-bond donors (Lipinski definition) is 3. The summed E-state index contributed by atoms with van der Waals surface area (Å²) in [5.74, 6) is 6.06. The van der Waals surface area contributed by atoms with Crippen LogP contribution in [0.4, 0.5) is 26.3 Å². The van der Waals surface area contributed by atoms with Crippen molar-refractivity contribution in [2.45, 2.75) is 50.8 Å². The molecular formula is C28H29Cl2F6N9O7S2. The average Bonchev–Trinajstić information content (AvgIpc) is 3.45. The molecule has 0 atom stereocenters. The predicted octanol–water partition coefficient (Wildman–Crippen LogP) is 3.89. The van der Waals surface area contributed by atoms with E-state index in [9.17, 15) is 52.8 Å². The molecule has 0 unspecified atom stereocenters. The summed E-state index contributed by atoms with van der Waals surface area (Å²) in [6.07, 6.45) is 0. The van der Waals surface area contributed by atoms with E-state index >= 15 is 0 Å². The highest BCUT2D eigenvalue weighted by Crippen LogP contribution is 2.32. The molecule has 0 saturated heterocycles. The summed E-state index contributed by atoms with van der Waals surface area (Å²) in [6.45, 7) is 5.79. The first kappa shape index (κ1) is 51.1. The fourth-order valence-electron chi connectivity index (χ4n) is 2.74. The Kier molecular flexibility index (Phi) is 23.0. The molecule has 296 valence electrons. The van der Waals surface area contributed by atoms with Gasteiger partial charge < -0.3 is 9.88 Å². The van der Waals surface area contributed by atoms with E-state index in [-0.39, 0.29) is 17.7 Å². The van der Waals surface area contributed by atoms with Gasteiger partial charge in [-0.15, -0.1) is 37.0 Å². The molecular weight excluding hydrogens is 823 g/mol. The van der Waals surface area contributed by atoms with E-state index < -0.39 is 31.3 Å². The van der Waals surface area contributed by atoms with Gasteiger partial charge in [0.15, 0.2) is 0 Å². The van der Waals surface area contributed by atoms with Crippen LogP contribution in [0.3, 0.4) is 0 Å². The Morgan fingerprint density at radius 3 is 1.56 bits per heavy atom. The number of nitrogens with zero attached hydrogens (tertiary/aromatic N) is 6. The van der Waals surface area contributed by atoms with Crippen molar-refractivity contribution in [3.63, 3.8) is 0 Å². The highest BCUT2D eigenvalue weighted by atomic mass is 35.5. The molecule has 0 aliphatic carbocycles. The van der Waals surface area contributed by atoms with Gasteiger partial charge >= 0.3 is 31.3 Å². The second kappa shape index (κ2) is 24.3. The second-order valence-electron chi connectivity index (χ2n) is 9.20. The van der Waals surface area contributed by atoms with Crippen molar-refractivity contribution in [1.29, 1.82) is 15.8 Å². The van der Waals surface area contributed by atoms with Gasteiger partial charge in [-0.1, -0.05) is 24.3 Å². The van der Waals surface area contributed by atoms with Crippen molar-refractivity contribution in [3.8, 4) is 18.2 Å². The molecule has 2 aromatic carbocycles. The van der Waals surface area contributed by atoms with E-state index in [2.05, 4.69) is 27.4 Å². The lowest BCUT2D eigenvalue weighted by Crippen LogP contribution is -2.34. The first-order valence-electron chi connectivity index (χ1n) is 13.8. The number of hydrazine groups is 1. The van der Waals surface area contributed by atoms with Gasteiger partial charge in [0.1, 0.15) is 17.5 Å². The lowest BCUT2D eigenvalue weighted by molar-refractivity contribution is -0.119. The zero-order chi connectivity index (χ0) is 42.3. The number of rotatable bonds is 8. The Bertz CT molecular complexity index is 1950. The smallest absolute Gasteiger partial charge is 0.351 e. The van der Waals surface area contributed by atoms with Crippen molar-refractivity contribution in [3.05, 3.63) is 82.4 Å². The van der Waals surface area contributed by atoms with Crippen LogP contribution in [-0.4, -0.2) is 60.3 Å². The lowest BCUT2D eigenvalue weighted by Gasteiger charge is -2.09. The van der Waals surface area contributed by atoms with Crippen LogP contribution >= 0.6 is 23.2 Å². The molecule has 0 saturated carbocycles. The number of amides is 2. The van der Waals surface area contributed by atoms with E-state index in [1.54, 1.807) is 42.5 Å². The number of aromatic nitrogens is 3. The highest BCUT2D eigenvalue weighted by molar-refractivity contribution is 8.00. The van der Waals surface area contributed by atoms with Gasteiger partial charge in [0.25, 0.3) is 0 Å². The first-order chi connectivity index (χ1) is 24.9. The molecule has 3 rings (SSSR count). The summed E-state index contributed by atoms with van der Waals surface area (Å²) in [5.41, 5.74) is -7.32. The number of nitrogens with two attached hydrogens (primary N) is 1. The van der Waals surface area contributed by atoms with E-state index in [0.717, 1.165) is 22.8 Å². The SMILES string of the molecule is CC#N.CC(=O)NN.Cc1nnc(CCl)n1Cc1ccc(C#N)cc1.N#Cc1ccc(CNC(=O)CCl)cc1.O=S(=O)(OS(=O)(=O)C(F)(F)F)C(F)(F)F. The molecule has 4 N–H and O–H groups in total. The molecule has 54 heavy (non-hydrogen) atoms. The maximum atomic E-state index is 11.4. The Labute approximate surface area is 315 Å². The van der Waals surface area contributed by atoms with Crippen LogP contribution in [0.2, 0.25) is 0 Å². The van der Waals surface area contributed by atoms with Gasteiger partial charge in [-0.2, -0.15) is 59.0 Å². The highest BCUT2D eigenvalue weighted by Gasteiger charge is 2.57. The van der Waals surface area contributed by atoms with Crippen LogP contribution in [0.25, 0.3) is 0 Å². The van der Waals surface area contributed by atoms with Crippen LogP contribution in [0.5, 0.6) is 0 Å². The predicted molar refractivity (Wildman–Crippen MR) is 179 cm³/mol. The molecule has 0 aliphatic rings. The summed E-state index contributed by atoms with van der Waals surface area (Å²) in [5, 5.41) is 35.2. The van der Waals surface area contributed by atoms with Gasteiger partial charge in [0.05, 0.1) is 41.8 Å². The standard InChI is InChI=1S/C12H11ClN4.C10H9ClN2O.C2F6O5S2.C2H6N2O.C2H3N/c1-9-15-16-12(6-13)17(9)8-11-4-2-10(7-14)3-5-11;11-5-10(14)13-7-9-3-1-8(6-12)2-4-9;3-1(4,5)14(9,10)13-15(11,12)2(6,7)8;1-2(5)4-3;1-2-3/h2-5H,6,8H2,1H3;1-4H,5,7H2,(H,13,14);;3H2,1H3,(H,4,5);1H3. The summed E-state index contributed by atoms with van der Waals surface area (Å²) in [7, 11) is -13.7. The van der Waals surface area contributed by atoms with E-state index in [1.165, 1.54) is 13.8 Å². The number of alkyl halides is 8. The summed E-state index contributed by atoms with van der Waals surface area (Å²) >= 11 is 11.1. The molecule has 3 aromatic rings. The monoisotopic (exact) mass is 851 g/mol. The minimum Gasteiger partial charge on any atom is -0.351 e. The van der Waals surface area contributed by atoms with Crippen molar-refractivity contribution >= 4 is 55.3 Å². The number of carbonyl (C=O) groups excluding carboxylic acids is 2. The molecule has 0 spiro atoms. The zero-order valence-corrected chi connectivity index (χ0v) is 31.1. The molecule has 0 bridgehead atoms. The first-order valence-corrected chi connectivity index (χ1v) is 17.7. The van der Waals surface area contributed by atoms with Crippen LogP contribution < -0.4 is 16.6 Å². The van der Waals surface area contributed by atoms with Crippen molar-refractivity contribution in [2.24, 2.45) is 5.84 Å². The van der Waals surface area contributed by atoms with Gasteiger partial charge in [-0.3, -0.25) is 15.0 Å². The van der Waals surface area contributed by atoms with E-state index in [0.29, 0.717) is 30.1 Å². The quantitative estimate of drug-likeness (QED) is 0.0726. The third-order valence-electron chi connectivity index (χ3n) is 5.20. The van der Waals surface area contributed by atoms with Gasteiger partial charge in [0, 0.05) is 20.4 Å². The van der Waals surface area contributed by atoms with E-state index in [4.69, 9.17) is 39.0 Å². The second-order valence-corrected chi connectivity index (χ2v) is 13.0. The molecule has 0 fully saturated rings. The molecule has 0 aliphatic heterocycles. The van der Waals surface area contributed by atoms with Crippen LogP contribution in [0.1, 0.15) is 47.8 Å². The molecule has 0 radical (unpaired) electrons. The molecule has 1 heterocycles. The summed E-state index contributed by atoms with van der Waals surface area (Å²) < 4.78 is 112. The van der Waals surface area contributed by atoms with E-state index in [1.807, 2.05) is 38.7 Å². The molecule has 16 nitrogen and oxygen atoms in total. The van der Waals surface area contributed by atoms with Gasteiger partial charge in [-0.25, -0.2) is 5.84 Å². The topological polar surface area (TPSA) is 264 Å². The van der Waals surface area contributed by atoms with Gasteiger partial charge in [0.2, 0.25) is 11.8 Å². The lowest BCUT2D eigenvalue weighted by atomic mass is 10.1. The number of aryl methyl sites for hydroxylation is 1. The maximum absolute atomic E-state index is 11.4. The maximum Gasteiger partial charge on any atom is 0.524 e. The minimum atomic E-state index is -6.85. The fourth-order valence-corrected chi connectivity index (χ4v) is 4.59. The Morgan fingerprint density at radius 2 is 1.24 bits per heavy atom. The average molecular weight is 853 g/mol. The summed E-state index contributed by atoms with van der Waals surface area (Å²) in [6, 6.07) is 20.3. The third-order valence-corrected chi connectivity index (χ3v) is 8.25. The van der Waals surface area contributed by atoms with Crippen molar-refractivity contribution in [2.75, 3.05) is 5.88 Å². The largest absolute Gasteiger partial charge is 0.524 e. The molecule has 2 amide bonds. The van der Waals surface area contributed by atoms with Crippen molar-refractivity contribution < 1.29 is 56.4 Å². The number of halogens is 8. The number of hydrogen-bond acceptors (Lipinski definition) is 13.